The number of rotatable bonds is 8. The van der Waals surface area contributed by atoms with Gasteiger partial charge in [-0.2, -0.15) is 0 Å². The van der Waals surface area contributed by atoms with Crippen molar-refractivity contribution in [2.24, 2.45) is 0 Å². The maximum absolute atomic E-state index is 11.9. The second-order valence-corrected chi connectivity index (χ2v) is 6.71. The highest BCUT2D eigenvalue weighted by Gasteiger charge is 2.11. The van der Waals surface area contributed by atoms with Crippen molar-refractivity contribution in [2.45, 2.75) is 30.6 Å². The van der Waals surface area contributed by atoms with Crippen molar-refractivity contribution in [3.05, 3.63) is 29.8 Å². The molecule has 0 saturated carbocycles. The maximum Gasteiger partial charge on any atom is 0.251 e. The van der Waals surface area contributed by atoms with Gasteiger partial charge in [-0.25, -0.2) is 8.42 Å². The predicted octanol–water partition coefficient (Wildman–Crippen LogP) is 1.37. The Hall–Kier alpha value is -1.40. The van der Waals surface area contributed by atoms with E-state index in [1.54, 1.807) is 12.1 Å². The second kappa shape index (κ2) is 8.01. The van der Waals surface area contributed by atoms with Crippen molar-refractivity contribution >= 4 is 15.7 Å². The van der Waals surface area contributed by atoms with E-state index in [1.807, 2.05) is 0 Å². The van der Waals surface area contributed by atoms with E-state index in [0.29, 0.717) is 12.1 Å². The average Bonchev–Trinajstić information content (AvgIpc) is 2.41. The highest BCUT2D eigenvalue weighted by atomic mass is 32.2. The normalized spacial score (nSPS) is 11.3. The average molecular weight is 299 g/mol. The molecule has 0 aliphatic carbocycles. The molecule has 0 aromatic heterocycles. The van der Waals surface area contributed by atoms with Gasteiger partial charge in [0.2, 0.25) is 0 Å². The minimum absolute atomic E-state index is 0.146. The van der Waals surface area contributed by atoms with Gasteiger partial charge in [-0.05, 0) is 31.0 Å². The van der Waals surface area contributed by atoms with Gasteiger partial charge in [-0.1, -0.05) is 18.9 Å². The first kappa shape index (κ1) is 16.7. The largest absolute Gasteiger partial charge is 0.396 e. The van der Waals surface area contributed by atoms with Crippen molar-refractivity contribution in [1.29, 1.82) is 0 Å². The van der Waals surface area contributed by atoms with E-state index in [2.05, 4.69) is 5.32 Å². The summed E-state index contributed by atoms with van der Waals surface area (Å²) >= 11 is 0. The van der Waals surface area contributed by atoms with Gasteiger partial charge in [-0.3, -0.25) is 4.79 Å². The number of aliphatic hydroxyl groups excluding tert-OH is 1. The van der Waals surface area contributed by atoms with E-state index in [9.17, 15) is 13.2 Å². The fraction of sp³-hybridized carbons (Fsp3) is 0.500. The van der Waals surface area contributed by atoms with Gasteiger partial charge in [0, 0.05) is 25.0 Å². The topological polar surface area (TPSA) is 83.5 Å². The number of nitrogens with one attached hydrogen (secondary N) is 1. The van der Waals surface area contributed by atoms with E-state index in [4.69, 9.17) is 5.11 Å². The minimum Gasteiger partial charge on any atom is -0.396 e. The van der Waals surface area contributed by atoms with Crippen LogP contribution < -0.4 is 5.32 Å². The number of carbonyl (C=O) groups is 1. The SMILES string of the molecule is CS(=O)(=O)c1cccc(C(=O)NCCCCCCO)c1. The zero-order valence-electron chi connectivity index (χ0n) is 11.6. The number of unbranched alkanes of at least 4 members (excludes halogenated alkanes) is 3. The number of amides is 1. The molecule has 112 valence electrons. The van der Waals surface area contributed by atoms with Crippen LogP contribution in [0.4, 0.5) is 0 Å². The van der Waals surface area contributed by atoms with Gasteiger partial charge in [0.05, 0.1) is 4.90 Å². The standard InChI is InChI=1S/C14H21NO4S/c1-20(18,19)13-8-6-7-12(11-13)14(17)15-9-4-2-3-5-10-16/h6-8,11,16H,2-5,9-10H2,1H3,(H,15,17). The van der Waals surface area contributed by atoms with E-state index < -0.39 is 9.84 Å². The Bertz CT molecular complexity index is 540. The lowest BCUT2D eigenvalue weighted by atomic mass is 10.2. The van der Waals surface area contributed by atoms with Crippen molar-refractivity contribution in [3.8, 4) is 0 Å². The third-order valence-electron chi connectivity index (χ3n) is 2.89. The fourth-order valence-corrected chi connectivity index (χ4v) is 2.43. The van der Waals surface area contributed by atoms with E-state index in [-0.39, 0.29) is 17.4 Å². The summed E-state index contributed by atoms with van der Waals surface area (Å²) in [6.07, 6.45) is 4.63. The Balaban J connectivity index is 2.48. The molecular weight excluding hydrogens is 278 g/mol. The molecule has 0 heterocycles. The quantitative estimate of drug-likeness (QED) is 0.710. The Morgan fingerprint density at radius 3 is 2.55 bits per heavy atom. The molecule has 1 aromatic carbocycles. The second-order valence-electron chi connectivity index (χ2n) is 4.69. The Morgan fingerprint density at radius 2 is 1.90 bits per heavy atom. The number of sulfone groups is 1. The van der Waals surface area contributed by atoms with Crippen molar-refractivity contribution in [2.75, 3.05) is 19.4 Å². The highest BCUT2D eigenvalue weighted by molar-refractivity contribution is 7.90. The molecule has 0 radical (unpaired) electrons. The zero-order chi connectivity index (χ0) is 15.0. The van der Waals surface area contributed by atoms with Gasteiger partial charge in [0.25, 0.3) is 5.91 Å². The Labute approximate surface area is 119 Å². The van der Waals surface area contributed by atoms with Gasteiger partial charge in [0.15, 0.2) is 9.84 Å². The smallest absolute Gasteiger partial charge is 0.251 e. The molecule has 5 nitrogen and oxygen atoms in total. The van der Waals surface area contributed by atoms with Gasteiger partial charge in [0.1, 0.15) is 0 Å². The molecule has 6 heteroatoms. The molecule has 1 rings (SSSR count). The molecule has 0 bridgehead atoms. The summed E-state index contributed by atoms with van der Waals surface area (Å²) in [4.78, 5) is 12.0. The van der Waals surface area contributed by atoms with Crippen LogP contribution >= 0.6 is 0 Å². The molecule has 0 unspecified atom stereocenters. The molecule has 0 aliphatic heterocycles. The van der Waals surface area contributed by atoms with Crippen LogP contribution in [0.15, 0.2) is 29.2 Å². The summed E-state index contributed by atoms with van der Waals surface area (Å²) < 4.78 is 22.8. The van der Waals surface area contributed by atoms with E-state index in [1.165, 1.54) is 12.1 Å². The number of benzene rings is 1. The third kappa shape index (κ3) is 5.71. The number of hydrogen-bond donors (Lipinski definition) is 2. The molecule has 0 aliphatic rings. The first-order chi connectivity index (χ1) is 9.45. The van der Waals surface area contributed by atoms with Crippen LogP contribution in [0.25, 0.3) is 0 Å². The molecule has 1 aromatic rings. The Kier molecular flexibility index (Phi) is 6.67. The van der Waals surface area contributed by atoms with Gasteiger partial charge < -0.3 is 10.4 Å². The van der Waals surface area contributed by atoms with E-state index >= 15 is 0 Å². The first-order valence-electron chi connectivity index (χ1n) is 6.64. The molecule has 0 fully saturated rings. The summed E-state index contributed by atoms with van der Waals surface area (Å²) in [5, 5.41) is 11.4. The van der Waals surface area contributed by atoms with Crippen LogP contribution in [0.1, 0.15) is 36.0 Å². The highest BCUT2D eigenvalue weighted by Crippen LogP contribution is 2.11. The number of carbonyl (C=O) groups excluding carboxylic acids is 1. The molecule has 20 heavy (non-hydrogen) atoms. The predicted molar refractivity (Wildman–Crippen MR) is 77.4 cm³/mol. The summed E-state index contributed by atoms with van der Waals surface area (Å²) in [6.45, 7) is 0.748. The van der Waals surface area contributed by atoms with Crippen LogP contribution in [0.2, 0.25) is 0 Å². The summed E-state index contributed by atoms with van der Waals surface area (Å²) in [5.74, 6) is -0.266. The third-order valence-corrected chi connectivity index (χ3v) is 4.01. The van der Waals surface area contributed by atoms with Gasteiger partial charge >= 0.3 is 0 Å². The Morgan fingerprint density at radius 1 is 1.20 bits per heavy atom. The molecule has 0 saturated heterocycles. The van der Waals surface area contributed by atoms with Crippen LogP contribution in [0.5, 0.6) is 0 Å². The summed E-state index contributed by atoms with van der Waals surface area (Å²) in [7, 11) is -3.30. The molecule has 0 spiro atoms. The minimum atomic E-state index is -3.30. The fourth-order valence-electron chi connectivity index (χ4n) is 1.76. The van der Waals surface area contributed by atoms with Crippen molar-refractivity contribution in [1.82, 2.24) is 5.32 Å². The van der Waals surface area contributed by atoms with Crippen molar-refractivity contribution in [3.63, 3.8) is 0 Å². The first-order valence-corrected chi connectivity index (χ1v) is 8.53. The molecule has 0 atom stereocenters. The lowest BCUT2D eigenvalue weighted by Gasteiger charge is -2.06. The molecule has 2 N–H and O–H groups in total. The van der Waals surface area contributed by atoms with Crippen molar-refractivity contribution < 1.29 is 18.3 Å². The lowest BCUT2D eigenvalue weighted by Crippen LogP contribution is -2.24. The summed E-state index contributed by atoms with van der Waals surface area (Å²) in [6, 6.07) is 6.01. The summed E-state index contributed by atoms with van der Waals surface area (Å²) in [5.41, 5.74) is 0.350. The molecule has 1 amide bonds. The van der Waals surface area contributed by atoms with Gasteiger partial charge in [-0.15, -0.1) is 0 Å². The van der Waals surface area contributed by atoms with Crippen LogP contribution in [0, 0.1) is 0 Å². The maximum atomic E-state index is 11.9. The van der Waals surface area contributed by atoms with Crippen LogP contribution in [-0.2, 0) is 9.84 Å². The van der Waals surface area contributed by atoms with E-state index in [0.717, 1.165) is 31.9 Å². The molecular formula is C14H21NO4S. The van der Waals surface area contributed by atoms with Crippen LogP contribution in [0.3, 0.4) is 0 Å². The zero-order valence-corrected chi connectivity index (χ0v) is 12.4. The lowest BCUT2D eigenvalue weighted by molar-refractivity contribution is 0.0952. The monoisotopic (exact) mass is 299 g/mol. The number of hydrogen-bond acceptors (Lipinski definition) is 4. The van der Waals surface area contributed by atoms with Crippen LogP contribution in [-0.4, -0.2) is 38.8 Å². The number of aliphatic hydroxyl groups is 1.